The molecule has 0 fully saturated rings. The minimum absolute atomic E-state index is 0.323. The van der Waals surface area contributed by atoms with Gasteiger partial charge in [-0.15, -0.1) is 0 Å². The van der Waals surface area contributed by atoms with E-state index in [9.17, 15) is 9.18 Å². The minimum atomic E-state index is -0.423. The summed E-state index contributed by atoms with van der Waals surface area (Å²) in [6, 6.07) is 20.6. The van der Waals surface area contributed by atoms with E-state index in [4.69, 9.17) is 4.74 Å². The van der Waals surface area contributed by atoms with Crippen LogP contribution in [0.15, 0.2) is 82.4 Å². The van der Waals surface area contributed by atoms with Crippen molar-refractivity contribution in [3.05, 3.63) is 99.8 Å². The van der Waals surface area contributed by atoms with Crippen LogP contribution in [0.25, 0.3) is 0 Å². The van der Waals surface area contributed by atoms with E-state index in [-0.39, 0.29) is 0 Å². The molecule has 0 saturated heterocycles. The van der Waals surface area contributed by atoms with Crippen LogP contribution in [0, 0.1) is 5.82 Å². The second-order valence-electron chi connectivity index (χ2n) is 5.66. The zero-order valence-electron chi connectivity index (χ0n) is 14.2. The van der Waals surface area contributed by atoms with Crippen LogP contribution in [0.1, 0.15) is 21.5 Å². The topological polar surface area (TPSA) is 50.7 Å². The lowest BCUT2D eigenvalue weighted by atomic mass is 10.2. The third kappa shape index (κ3) is 5.49. The van der Waals surface area contributed by atoms with Crippen molar-refractivity contribution in [1.82, 2.24) is 5.43 Å². The quantitative estimate of drug-likeness (QED) is 0.448. The standard InChI is InChI=1S/C21H16BrFN2O2/c22-18-8-11-20(27-14-15-4-2-1-3-5-15)17(12-18)13-24-25-21(26)16-6-9-19(23)10-7-16/h1-13H,14H2,(H,25,26). The summed E-state index contributed by atoms with van der Waals surface area (Å²) >= 11 is 3.42. The first-order valence-electron chi connectivity index (χ1n) is 8.17. The van der Waals surface area contributed by atoms with Crippen molar-refractivity contribution in [1.29, 1.82) is 0 Å². The molecular formula is C21H16BrFN2O2. The summed E-state index contributed by atoms with van der Waals surface area (Å²) < 4.78 is 19.7. The van der Waals surface area contributed by atoms with Crippen molar-refractivity contribution in [3.8, 4) is 5.75 Å². The lowest BCUT2D eigenvalue weighted by Crippen LogP contribution is -2.17. The van der Waals surface area contributed by atoms with Gasteiger partial charge in [0.2, 0.25) is 0 Å². The van der Waals surface area contributed by atoms with Gasteiger partial charge in [-0.05, 0) is 48.0 Å². The molecule has 0 aliphatic carbocycles. The fourth-order valence-electron chi connectivity index (χ4n) is 2.31. The average Bonchev–Trinajstić information content (AvgIpc) is 2.68. The maximum atomic E-state index is 12.9. The maximum Gasteiger partial charge on any atom is 0.271 e. The fraction of sp³-hybridized carbons (Fsp3) is 0.0476. The molecule has 0 aliphatic rings. The van der Waals surface area contributed by atoms with Crippen LogP contribution in [-0.4, -0.2) is 12.1 Å². The Morgan fingerprint density at radius 3 is 2.56 bits per heavy atom. The van der Waals surface area contributed by atoms with E-state index in [1.807, 2.05) is 48.5 Å². The van der Waals surface area contributed by atoms with E-state index in [1.54, 1.807) is 0 Å². The Bertz CT molecular complexity index is 944. The first kappa shape index (κ1) is 18.8. The smallest absolute Gasteiger partial charge is 0.271 e. The van der Waals surface area contributed by atoms with Crippen molar-refractivity contribution in [2.75, 3.05) is 0 Å². The van der Waals surface area contributed by atoms with E-state index in [1.165, 1.54) is 30.5 Å². The Hall–Kier alpha value is -2.99. The number of carbonyl (C=O) groups is 1. The second-order valence-corrected chi connectivity index (χ2v) is 6.58. The van der Waals surface area contributed by atoms with Gasteiger partial charge in [-0.2, -0.15) is 5.10 Å². The highest BCUT2D eigenvalue weighted by Crippen LogP contribution is 2.22. The number of ether oxygens (including phenoxy) is 1. The van der Waals surface area contributed by atoms with Gasteiger partial charge >= 0.3 is 0 Å². The summed E-state index contributed by atoms with van der Waals surface area (Å²) in [5, 5.41) is 3.98. The Balaban J connectivity index is 1.68. The van der Waals surface area contributed by atoms with Crippen LogP contribution in [0.4, 0.5) is 4.39 Å². The first-order chi connectivity index (χ1) is 13.1. The second kappa shape index (κ2) is 9.09. The van der Waals surface area contributed by atoms with Crippen molar-refractivity contribution in [2.45, 2.75) is 6.61 Å². The van der Waals surface area contributed by atoms with Crippen LogP contribution in [0.2, 0.25) is 0 Å². The zero-order valence-corrected chi connectivity index (χ0v) is 15.8. The van der Waals surface area contributed by atoms with E-state index in [0.29, 0.717) is 23.5 Å². The van der Waals surface area contributed by atoms with Gasteiger partial charge in [-0.3, -0.25) is 4.79 Å². The Labute approximate surface area is 164 Å². The highest BCUT2D eigenvalue weighted by atomic mass is 79.9. The molecule has 0 aromatic heterocycles. The van der Waals surface area contributed by atoms with E-state index in [0.717, 1.165) is 10.0 Å². The lowest BCUT2D eigenvalue weighted by molar-refractivity contribution is 0.0955. The monoisotopic (exact) mass is 426 g/mol. The molecule has 1 N–H and O–H groups in total. The molecule has 3 rings (SSSR count). The average molecular weight is 427 g/mol. The number of carbonyl (C=O) groups excluding carboxylic acids is 1. The SMILES string of the molecule is O=C(NN=Cc1cc(Br)ccc1OCc1ccccc1)c1ccc(F)cc1. The fourth-order valence-corrected chi connectivity index (χ4v) is 2.69. The van der Waals surface area contributed by atoms with E-state index in [2.05, 4.69) is 26.5 Å². The van der Waals surface area contributed by atoms with Crippen molar-refractivity contribution in [3.63, 3.8) is 0 Å². The molecule has 1 amide bonds. The van der Waals surface area contributed by atoms with Crippen molar-refractivity contribution < 1.29 is 13.9 Å². The lowest BCUT2D eigenvalue weighted by Gasteiger charge is -2.09. The summed E-state index contributed by atoms with van der Waals surface area (Å²) in [5.41, 5.74) is 4.50. The molecule has 3 aromatic rings. The third-order valence-corrected chi connectivity index (χ3v) is 4.18. The van der Waals surface area contributed by atoms with Gasteiger partial charge in [0, 0.05) is 15.6 Å². The summed E-state index contributed by atoms with van der Waals surface area (Å²) in [5.74, 6) is -0.181. The Kier molecular flexibility index (Phi) is 6.33. The maximum absolute atomic E-state index is 12.9. The number of hydrazone groups is 1. The highest BCUT2D eigenvalue weighted by Gasteiger charge is 2.06. The Morgan fingerprint density at radius 1 is 1.07 bits per heavy atom. The van der Waals surface area contributed by atoms with Crippen LogP contribution >= 0.6 is 15.9 Å². The van der Waals surface area contributed by atoms with Gasteiger partial charge in [0.25, 0.3) is 5.91 Å². The van der Waals surface area contributed by atoms with Crippen molar-refractivity contribution in [2.24, 2.45) is 5.10 Å². The summed E-state index contributed by atoms with van der Waals surface area (Å²) in [4.78, 5) is 12.0. The minimum Gasteiger partial charge on any atom is -0.488 e. The number of benzene rings is 3. The molecule has 0 unspecified atom stereocenters. The molecule has 0 heterocycles. The molecular weight excluding hydrogens is 411 g/mol. The largest absolute Gasteiger partial charge is 0.488 e. The van der Waals surface area contributed by atoms with Crippen LogP contribution in [0.5, 0.6) is 5.75 Å². The predicted octanol–water partition coefficient (Wildman–Crippen LogP) is 4.93. The molecule has 0 bridgehead atoms. The number of hydrogen-bond acceptors (Lipinski definition) is 3. The van der Waals surface area contributed by atoms with Crippen LogP contribution in [-0.2, 0) is 6.61 Å². The normalized spacial score (nSPS) is 10.7. The number of nitrogens with zero attached hydrogens (tertiary/aromatic N) is 1. The van der Waals surface area contributed by atoms with Gasteiger partial charge < -0.3 is 4.74 Å². The number of hydrogen-bond donors (Lipinski definition) is 1. The predicted molar refractivity (Wildman–Crippen MR) is 106 cm³/mol. The van der Waals surface area contributed by atoms with E-state index < -0.39 is 11.7 Å². The summed E-state index contributed by atoms with van der Waals surface area (Å²) in [6.45, 7) is 0.422. The number of halogens is 2. The van der Waals surface area contributed by atoms with Crippen LogP contribution < -0.4 is 10.2 Å². The summed E-state index contributed by atoms with van der Waals surface area (Å²) in [7, 11) is 0. The zero-order chi connectivity index (χ0) is 19.1. The van der Waals surface area contributed by atoms with E-state index >= 15 is 0 Å². The molecule has 0 atom stereocenters. The van der Waals surface area contributed by atoms with Gasteiger partial charge in [-0.25, -0.2) is 9.82 Å². The molecule has 4 nitrogen and oxygen atoms in total. The molecule has 0 radical (unpaired) electrons. The summed E-state index contributed by atoms with van der Waals surface area (Å²) in [6.07, 6.45) is 1.51. The number of amides is 1. The highest BCUT2D eigenvalue weighted by molar-refractivity contribution is 9.10. The van der Waals surface area contributed by atoms with Gasteiger partial charge in [0.1, 0.15) is 18.2 Å². The molecule has 6 heteroatoms. The molecule has 136 valence electrons. The number of nitrogens with one attached hydrogen (secondary N) is 1. The van der Waals surface area contributed by atoms with Crippen LogP contribution in [0.3, 0.4) is 0 Å². The molecule has 0 aliphatic heterocycles. The first-order valence-corrected chi connectivity index (χ1v) is 8.96. The van der Waals surface area contributed by atoms with Crippen molar-refractivity contribution >= 4 is 28.1 Å². The van der Waals surface area contributed by atoms with Gasteiger partial charge in [0.15, 0.2) is 0 Å². The number of rotatable bonds is 6. The molecule has 0 spiro atoms. The third-order valence-electron chi connectivity index (χ3n) is 3.69. The molecule has 27 heavy (non-hydrogen) atoms. The Morgan fingerprint density at radius 2 is 1.81 bits per heavy atom. The van der Waals surface area contributed by atoms with Gasteiger partial charge in [0.05, 0.1) is 6.21 Å². The van der Waals surface area contributed by atoms with Gasteiger partial charge in [-0.1, -0.05) is 46.3 Å². The molecule has 0 saturated carbocycles. The molecule has 3 aromatic carbocycles.